The first-order chi connectivity index (χ1) is 14.6. The Hall–Kier alpha value is -2.34. The van der Waals surface area contributed by atoms with Gasteiger partial charge in [-0.25, -0.2) is 9.78 Å². The van der Waals surface area contributed by atoms with Crippen molar-refractivity contribution in [3.05, 3.63) is 56.7 Å². The molecule has 2 aromatic rings. The highest BCUT2D eigenvalue weighted by Crippen LogP contribution is 2.36. The van der Waals surface area contributed by atoms with Gasteiger partial charge < -0.3 is 14.0 Å². The zero-order chi connectivity index (χ0) is 22.8. The number of ether oxygens (including phenoxy) is 2. The van der Waals surface area contributed by atoms with Crippen LogP contribution in [0.2, 0.25) is 5.15 Å². The number of esters is 1. The smallest absolute Gasteiger partial charge is 0.343 e. The Bertz CT molecular complexity index is 1010. The third kappa shape index (κ3) is 5.88. The number of aromatic nitrogens is 2. The first-order valence-electron chi connectivity index (χ1n) is 10.8. The summed E-state index contributed by atoms with van der Waals surface area (Å²) in [4.78, 5) is 29.0. The summed E-state index contributed by atoms with van der Waals surface area (Å²) in [6, 6.07) is 3.35. The summed E-state index contributed by atoms with van der Waals surface area (Å²) >= 11 is 6.32. The summed E-state index contributed by atoms with van der Waals surface area (Å²) < 4.78 is 12.9. The third-order valence-corrected chi connectivity index (χ3v) is 5.89. The van der Waals surface area contributed by atoms with Gasteiger partial charge in [0.05, 0.1) is 13.2 Å². The largest absolute Gasteiger partial charge is 0.490 e. The standard InChI is InChI=1S/C24H31ClN2O4/c1-6-30-23(29)18-13-27(10-9-19(18)28)21(24(3,4)5)12-17-11-20(22(25)26-15(17)2)31-14-16-7-8-16/h9-11,13,16,21H,6-8,12,14H2,1-5H3. The van der Waals surface area contributed by atoms with Gasteiger partial charge in [-0.15, -0.1) is 0 Å². The van der Waals surface area contributed by atoms with Gasteiger partial charge in [-0.05, 0) is 56.1 Å². The van der Waals surface area contributed by atoms with E-state index in [0.29, 0.717) is 29.8 Å². The van der Waals surface area contributed by atoms with Gasteiger partial charge in [-0.3, -0.25) is 4.79 Å². The fourth-order valence-corrected chi connectivity index (χ4v) is 3.75. The Morgan fingerprint density at radius 3 is 2.68 bits per heavy atom. The Kier molecular flexibility index (Phi) is 7.10. The molecular weight excluding hydrogens is 416 g/mol. The molecule has 3 rings (SSSR count). The lowest BCUT2D eigenvalue weighted by atomic mass is 9.82. The fraction of sp³-hybridized carbons (Fsp3) is 0.542. The molecule has 0 N–H and O–H groups in total. The second-order valence-electron chi connectivity index (χ2n) is 9.25. The maximum Gasteiger partial charge on any atom is 0.343 e. The van der Waals surface area contributed by atoms with E-state index in [-0.39, 0.29) is 29.1 Å². The minimum absolute atomic E-state index is 0.0398. The molecule has 0 aliphatic heterocycles. The van der Waals surface area contributed by atoms with Crippen LogP contribution in [0.1, 0.15) is 68.2 Å². The maximum absolute atomic E-state index is 12.2. The van der Waals surface area contributed by atoms with Gasteiger partial charge in [0, 0.05) is 30.2 Å². The zero-order valence-electron chi connectivity index (χ0n) is 18.9. The van der Waals surface area contributed by atoms with E-state index < -0.39 is 5.97 Å². The van der Waals surface area contributed by atoms with Crippen molar-refractivity contribution in [2.75, 3.05) is 13.2 Å². The van der Waals surface area contributed by atoms with Gasteiger partial charge in [0.25, 0.3) is 0 Å². The van der Waals surface area contributed by atoms with Crippen LogP contribution in [0.4, 0.5) is 0 Å². The second-order valence-corrected chi connectivity index (χ2v) is 9.61. The molecule has 6 nitrogen and oxygen atoms in total. The van der Waals surface area contributed by atoms with E-state index in [1.165, 1.54) is 18.9 Å². The van der Waals surface area contributed by atoms with Crippen molar-refractivity contribution in [3.63, 3.8) is 0 Å². The molecule has 7 heteroatoms. The molecule has 1 aliphatic rings. The second kappa shape index (κ2) is 9.43. The monoisotopic (exact) mass is 446 g/mol. The first kappa shape index (κ1) is 23.3. The average molecular weight is 447 g/mol. The lowest BCUT2D eigenvalue weighted by molar-refractivity contribution is 0.0523. The van der Waals surface area contributed by atoms with Crippen molar-refractivity contribution in [2.24, 2.45) is 11.3 Å². The van der Waals surface area contributed by atoms with Crippen LogP contribution in [0.5, 0.6) is 5.75 Å². The normalized spacial score (nSPS) is 14.9. The molecule has 1 atom stereocenters. The summed E-state index contributed by atoms with van der Waals surface area (Å²) in [5.41, 5.74) is 1.39. The molecule has 0 saturated heterocycles. The number of hydrogen-bond acceptors (Lipinski definition) is 5. The first-order valence-corrected chi connectivity index (χ1v) is 11.2. The van der Waals surface area contributed by atoms with Crippen molar-refractivity contribution in [1.29, 1.82) is 0 Å². The quantitative estimate of drug-likeness (QED) is 0.421. The van der Waals surface area contributed by atoms with E-state index in [4.69, 9.17) is 21.1 Å². The number of aryl methyl sites for hydroxylation is 1. The molecule has 1 unspecified atom stereocenters. The Balaban J connectivity index is 1.94. The third-order valence-electron chi connectivity index (χ3n) is 5.62. The minimum Gasteiger partial charge on any atom is -0.490 e. The Labute approximate surface area is 188 Å². The summed E-state index contributed by atoms with van der Waals surface area (Å²) in [6.07, 6.45) is 6.37. The van der Waals surface area contributed by atoms with Gasteiger partial charge in [0.15, 0.2) is 16.3 Å². The van der Waals surface area contributed by atoms with Gasteiger partial charge in [-0.1, -0.05) is 32.4 Å². The van der Waals surface area contributed by atoms with Gasteiger partial charge in [0.1, 0.15) is 5.56 Å². The van der Waals surface area contributed by atoms with Crippen molar-refractivity contribution in [1.82, 2.24) is 9.55 Å². The molecule has 0 bridgehead atoms. The highest BCUT2D eigenvalue weighted by atomic mass is 35.5. The molecular formula is C24H31ClN2O4. The van der Waals surface area contributed by atoms with Crippen LogP contribution in [0, 0.1) is 18.3 Å². The molecule has 2 aromatic heterocycles. The number of nitrogens with zero attached hydrogens (tertiary/aromatic N) is 2. The Morgan fingerprint density at radius 2 is 2.06 bits per heavy atom. The molecule has 1 aliphatic carbocycles. The van der Waals surface area contributed by atoms with Crippen LogP contribution in [0.3, 0.4) is 0 Å². The lowest BCUT2D eigenvalue weighted by Crippen LogP contribution is -2.29. The summed E-state index contributed by atoms with van der Waals surface area (Å²) in [7, 11) is 0. The average Bonchev–Trinajstić information content (AvgIpc) is 3.51. The van der Waals surface area contributed by atoms with Gasteiger partial charge >= 0.3 is 5.97 Å². The SMILES string of the molecule is CCOC(=O)c1cn(C(Cc2cc(OCC3CC3)c(Cl)nc2C)C(C)(C)C)ccc1=O. The molecule has 31 heavy (non-hydrogen) atoms. The number of rotatable bonds is 8. The van der Waals surface area contributed by atoms with Crippen molar-refractivity contribution in [2.45, 2.75) is 59.9 Å². The van der Waals surface area contributed by atoms with E-state index in [0.717, 1.165) is 11.3 Å². The van der Waals surface area contributed by atoms with E-state index >= 15 is 0 Å². The Morgan fingerprint density at radius 1 is 1.35 bits per heavy atom. The number of pyridine rings is 2. The van der Waals surface area contributed by atoms with Crippen LogP contribution in [-0.2, 0) is 11.2 Å². The topological polar surface area (TPSA) is 70.4 Å². The lowest BCUT2D eigenvalue weighted by Gasteiger charge is -2.33. The van der Waals surface area contributed by atoms with Crippen molar-refractivity contribution >= 4 is 17.6 Å². The van der Waals surface area contributed by atoms with Crippen LogP contribution >= 0.6 is 11.6 Å². The van der Waals surface area contributed by atoms with Gasteiger partial charge in [0.2, 0.25) is 0 Å². The highest BCUT2D eigenvalue weighted by molar-refractivity contribution is 6.30. The van der Waals surface area contributed by atoms with Gasteiger partial charge in [-0.2, -0.15) is 0 Å². The van der Waals surface area contributed by atoms with Crippen molar-refractivity contribution in [3.8, 4) is 5.75 Å². The van der Waals surface area contributed by atoms with Crippen molar-refractivity contribution < 1.29 is 14.3 Å². The molecule has 0 aromatic carbocycles. The van der Waals surface area contributed by atoms with E-state index in [2.05, 4.69) is 25.8 Å². The molecule has 168 valence electrons. The zero-order valence-corrected chi connectivity index (χ0v) is 19.7. The molecule has 0 amide bonds. The molecule has 0 spiro atoms. The van der Waals surface area contributed by atoms with Crippen LogP contribution in [0.25, 0.3) is 0 Å². The molecule has 1 fully saturated rings. The highest BCUT2D eigenvalue weighted by Gasteiger charge is 2.29. The van der Waals surface area contributed by atoms with Crippen LogP contribution < -0.4 is 10.2 Å². The van der Waals surface area contributed by atoms with Crippen LogP contribution in [-0.4, -0.2) is 28.7 Å². The summed E-state index contributed by atoms with van der Waals surface area (Å²) in [5, 5.41) is 0.377. The minimum atomic E-state index is -0.602. The molecule has 2 heterocycles. The van der Waals surface area contributed by atoms with Crippen LogP contribution in [0.15, 0.2) is 29.3 Å². The van der Waals surface area contributed by atoms with E-state index in [9.17, 15) is 9.59 Å². The summed E-state index contributed by atoms with van der Waals surface area (Å²) in [5.74, 6) is 0.620. The summed E-state index contributed by atoms with van der Waals surface area (Å²) in [6.45, 7) is 10.9. The molecule has 1 saturated carbocycles. The number of carbonyl (C=O) groups excluding carboxylic acids is 1. The van der Waals surface area contributed by atoms with E-state index in [1.54, 1.807) is 19.3 Å². The fourth-order valence-electron chi connectivity index (χ4n) is 3.52. The number of hydrogen-bond donors (Lipinski definition) is 0. The predicted octanol–water partition coefficient (Wildman–Crippen LogP) is 5.00. The molecule has 0 radical (unpaired) electrons. The number of halogens is 1. The number of carbonyl (C=O) groups is 1. The van der Waals surface area contributed by atoms with E-state index in [1.807, 2.05) is 17.6 Å². The maximum atomic E-state index is 12.2. The predicted molar refractivity (Wildman–Crippen MR) is 121 cm³/mol.